The van der Waals surface area contributed by atoms with E-state index in [0.29, 0.717) is 6.54 Å². The fourth-order valence-electron chi connectivity index (χ4n) is 2.02. The van der Waals surface area contributed by atoms with Gasteiger partial charge in [0.15, 0.2) is 0 Å². The first kappa shape index (κ1) is 18.8. The molecule has 0 radical (unpaired) electrons. The Morgan fingerprint density at radius 2 is 1.64 bits per heavy atom. The summed E-state index contributed by atoms with van der Waals surface area (Å²) in [5, 5.41) is 13.6. The number of sulfonamides is 2. The average molecular weight is 385 g/mol. The van der Waals surface area contributed by atoms with E-state index in [4.69, 9.17) is 0 Å². The molecule has 0 atom stereocenters. The number of hydrogen-bond donors (Lipinski definition) is 2. The lowest BCUT2D eigenvalue weighted by Gasteiger charge is -2.12. The molecule has 0 aromatic heterocycles. The number of nitrogens with zero attached hydrogens (tertiary/aromatic N) is 1. The minimum atomic E-state index is -4.58. The van der Waals surface area contributed by atoms with Crippen molar-refractivity contribution < 1.29 is 21.8 Å². The van der Waals surface area contributed by atoms with Gasteiger partial charge < -0.3 is 5.32 Å². The highest BCUT2D eigenvalue weighted by Crippen LogP contribution is 2.27. The zero-order valence-electron chi connectivity index (χ0n) is 13.0. The number of non-ortho nitro benzene ring substituents is 1. The van der Waals surface area contributed by atoms with Crippen molar-refractivity contribution in [3.8, 4) is 0 Å². The number of nitrogens with one attached hydrogen (secondary N) is 2. The minimum absolute atomic E-state index is 0.0591. The van der Waals surface area contributed by atoms with E-state index >= 15 is 0 Å². The Hall–Kier alpha value is -2.50. The number of nitro groups is 1. The third kappa shape index (κ3) is 4.32. The molecular weight excluding hydrogens is 370 g/mol. The quantitative estimate of drug-likeness (QED) is 0.547. The van der Waals surface area contributed by atoms with Crippen molar-refractivity contribution in [1.82, 2.24) is 4.13 Å². The van der Waals surface area contributed by atoms with E-state index in [2.05, 4.69) is 5.32 Å². The molecule has 0 saturated carbocycles. The lowest BCUT2D eigenvalue weighted by molar-refractivity contribution is -0.385. The normalized spacial score (nSPS) is 11.9. The van der Waals surface area contributed by atoms with Gasteiger partial charge in [-0.15, -0.1) is 4.13 Å². The van der Waals surface area contributed by atoms with Crippen LogP contribution in [0.3, 0.4) is 0 Å². The SMILES string of the molecule is CCNc1ccc([N+](=O)[O-])cc1S(=O)(=O)NS(=O)(=O)c1ccccc1. The van der Waals surface area contributed by atoms with Gasteiger partial charge in [-0.25, -0.2) is 16.8 Å². The highest BCUT2D eigenvalue weighted by atomic mass is 32.3. The summed E-state index contributed by atoms with van der Waals surface area (Å²) in [4.78, 5) is 9.38. The van der Waals surface area contributed by atoms with E-state index in [1.807, 2.05) is 0 Å². The maximum atomic E-state index is 12.5. The van der Waals surface area contributed by atoms with Crippen molar-refractivity contribution in [1.29, 1.82) is 0 Å². The Balaban J connectivity index is 2.52. The number of rotatable bonds is 7. The van der Waals surface area contributed by atoms with E-state index in [1.54, 1.807) is 17.1 Å². The Kier molecular flexibility index (Phi) is 5.40. The van der Waals surface area contributed by atoms with Crippen LogP contribution < -0.4 is 9.44 Å². The summed E-state index contributed by atoms with van der Waals surface area (Å²) in [5.41, 5.74) is -0.414. The molecule has 0 aliphatic carbocycles. The first-order valence-electron chi connectivity index (χ1n) is 7.03. The summed E-state index contributed by atoms with van der Waals surface area (Å²) < 4.78 is 51.2. The average Bonchev–Trinajstić information content (AvgIpc) is 2.55. The predicted octanol–water partition coefficient (Wildman–Crippen LogP) is 1.69. The topological polar surface area (TPSA) is 135 Å². The second-order valence-corrected chi connectivity index (χ2v) is 8.46. The van der Waals surface area contributed by atoms with Gasteiger partial charge in [0, 0.05) is 18.7 Å². The van der Waals surface area contributed by atoms with Gasteiger partial charge in [0.2, 0.25) is 0 Å². The summed E-state index contributed by atoms with van der Waals surface area (Å²) in [6.07, 6.45) is 0. The third-order valence-corrected chi connectivity index (χ3v) is 6.67. The molecule has 9 nitrogen and oxygen atoms in total. The number of nitro benzene ring substituents is 1. The summed E-state index contributed by atoms with van der Waals surface area (Å²) in [6.45, 7) is 2.04. The van der Waals surface area contributed by atoms with Crippen LogP contribution in [0.1, 0.15) is 6.92 Å². The van der Waals surface area contributed by atoms with Gasteiger partial charge in [-0.3, -0.25) is 10.1 Å². The van der Waals surface area contributed by atoms with E-state index < -0.39 is 35.6 Å². The molecule has 0 aliphatic heterocycles. The molecule has 2 rings (SSSR count). The van der Waals surface area contributed by atoms with E-state index in [9.17, 15) is 26.9 Å². The molecule has 2 aromatic carbocycles. The standard InChI is InChI=1S/C14H15N3O6S2/c1-2-15-13-9-8-11(17(18)19)10-14(13)25(22,23)16-24(20,21)12-6-4-3-5-7-12/h3-10,15-16H,2H2,1H3. The van der Waals surface area contributed by atoms with Gasteiger partial charge in [-0.2, -0.15) is 0 Å². The van der Waals surface area contributed by atoms with Gasteiger partial charge in [0.05, 0.1) is 15.5 Å². The largest absolute Gasteiger partial charge is 0.384 e. The van der Waals surface area contributed by atoms with Crippen LogP contribution >= 0.6 is 0 Å². The Bertz CT molecular complexity index is 988. The molecule has 134 valence electrons. The van der Waals surface area contributed by atoms with E-state index in [-0.39, 0.29) is 10.6 Å². The van der Waals surface area contributed by atoms with Crippen LogP contribution in [0.15, 0.2) is 58.3 Å². The summed E-state index contributed by atoms with van der Waals surface area (Å²) >= 11 is 0. The van der Waals surface area contributed by atoms with Crippen LogP contribution in [-0.2, 0) is 20.0 Å². The van der Waals surface area contributed by atoms with Crippen LogP contribution in [0.5, 0.6) is 0 Å². The zero-order chi connectivity index (χ0) is 18.7. The maximum absolute atomic E-state index is 12.5. The smallest absolute Gasteiger partial charge is 0.270 e. The van der Waals surface area contributed by atoms with Crippen LogP contribution in [-0.4, -0.2) is 28.3 Å². The summed E-state index contributed by atoms with van der Waals surface area (Å²) in [5.74, 6) is 0. The first-order chi connectivity index (χ1) is 11.7. The molecule has 0 heterocycles. The lowest BCUT2D eigenvalue weighted by atomic mass is 10.3. The number of hydrogen-bond acceptors (Lipinski definition) is 7. The monoisotopic (exact) mass is 385 g/mol. The highest BCUT2D eigenvalue weighted by Gasteiger charge is 2.28. The van der Waals surface area contributed by atoms with Gasteiger partial charge in [-0.05, 0) is 25.1 Å². The molecule has 25 heavy (non-hydrogen) atoms. The van der Waals surface area contributed by atoms with Crippen molar-refractivity contribution in [3.63, 3.8) is 0 Å². The minimum Gasteiger partial charge on any atom is -0.384 e. The molecule has 2 N–H and O–H groups in total. The molecule has 2 aromatic rings. The van der Waals surface area contributed by atoms with Crippen molar-refractivity contribution in [2.75, 3.05) is 11.9 Å². The second kappa shape index (κ2) is 7.17. The van der Waals surface area contributed by atoms with Gasteiger partial charge in [0.25, 0.3) is 25.7 Å². The number of benzene rings is 2. The summed E-state index contributed by atoms with van der Waals surface area (Å²) in [6, 6.07) is 10.1. The van der Waals surface area contributed by atoms with Crippen LogP contribution in [0.2, 0.25) is 0 Å². The van der Waals surface area contributed by atoms with Gasteiger partial charge in [-0.1, -0.05) is 18.2 Å². The van der Waals surface area contributed by atoms with Crippen molar-refractivity contribution in [3.05, 3.63) is 58.6 Å². The molecule has 0 bridgehead atoms. The highest BCUT2D eigenvalue weighted by molar-refractivity contribution is 8.04. The van der Waals surface area contributed by atoms with Crippen LogP contribution in [0.25, 0.3) is 0 Å². The zero-order valence-corrected chi connectivity index (χ0v) is 14.7. The predicted molar refractivity (Wildman–Crippen MR) is 91.2 cm³/mol. The Morgan fingerprint density at radius 1 is 1.00 bits per heavy atom. The van der Waals surface area contributed by atoms with Crippen molar-refractivity contribution in [2.45, 2.75) is 16.7 Å². The van der Waals surface area contributed by atoms with E-state index in [0.717, 1.165) is 12.1 Å². The lowest BCUT2D eigenvalue weighted by Crippen LogP contribution is -2.31. The molecule has 0 spiro atoms. The third-order valence-electron chi connectivity index (χ3n) is 3.11. The number of anilines is 1. The van der Waals surface area contributed by atoms with Crippen LogP contribution in [0.4, 0.5) is 11.4 Å². The van der Waals surface area contributed by atoms with Crippen LogP contribution in [0, 0.1) is 10.1 Å². The first-order valence-corrected chi connectivity index (χ1v) is 10.00. The fraction of sp³-hybridized carbons (Fsp3) is 0.143. The molecule has 0 amide bonds. The molecule has 0 fully saturated rings. The Morgan fingerprint density at radius 3 is 2.20 bits per heavy atom. The fourth-order valence-corrected chi connectivity index (χ4v) is 5.14. The molecular formula is C14H15N3O6S2. The van der Waals surface area contributed by atoms with Crippen molar-refractivity contribution in [2.24, 2.45) is 0 Å². The maximum Gasteiger partial charge on any atom is 0.270 e. The molecule has 0 aliphatic rings. The molecule has 11 heteroatoms. The molecule has 0 unspecified atom stereocenters. The molecule has 0 saturated heterocycles. The second-order valence-electron chi connectivity index (χ2n) is 4.87. The van der Waals surface area contributed by atoms with Gasteiger partial charge >= 0.3 is 0 Å². The van der Waals surface area contributed by atoms with Crippen molar-refractivity contribution >= 4 is 31.4 Å². The van der Waals surface area contributed by atoms with Gasteiger partial charge in [0.1, 0.15) is 4.90 Å². The Labute approximate surface area is 144 Å². The van der Waals surface area contributed by atoms with E-state index in [1.165, 1.54) is 30.3 Å². The summed E-state index contributed by atoms with van der Waals surface area (Å²) in [7, 11) is -8.95.